The Morgan fingerprint density at radius 3 is 2.05 bits per heavy atom. The van der Waals surface area contributed by atoms with Gasteiger partial charge in [-0.2, -0.15) is 0 Å². The summed E-state index contributed by atoms with van der Waals surface area (Å²) in [5, 5.41) is 0. The Hall–Kier alpha value is -1.82. The third-order valence-electron chi connectivity index (χ3n) is 2.43. The lowest BCUT2D eigenvalue weighted by molar-refractivity contribution is -0.119. The molecule has 0 spiro atoms. The topological polar surface area (TPSA) is 68.3 Å². The summed E-state index contributed by atoms with van der Waals surface area (Å²) in [7, 11) is -3.64. The van der Waals surface area contributed by atoms with Gasteiger partial charge in [0.15, 0.2) is 21.4 Å². The molecular weight excluding hydrogens is 271 g/mol. The van der Waals surface area contributed by atoms with Crippen LogP contribution < -0.4 is 0 Å². The number of benzene rings is 1. The average molecular weight is 284 g/mol. The highest BCUT2D eigenvalue weighted by Gasteiger charge is 2.14. The van der Waals surface area contributed by atoms with Crippen molar-refractivity contribution in [1.82, 2.24) is 0 Å². The minimum atomic E-state index is -3.64. The van der Waals surface area contributed by atoms with Crippen LogP contribution in [0, 0.1) is 5.82 Å². The van der Waals surface area contributed by atoms with Crippen LogP contribution in [0.2, 0.25) is 0 Å². The number of Topliss-reactive ketones (excluding diaryl/α,β-unsaturated/α-hetero) is 2. The molecule has 6 heteroatoms. The molecule has 1 rings (SSSR count). The van der Waals surface area contributed by atoms with Gasteiger partial charge in [-0.15, -0.1) is 0 Å². The number of rotatable bonds is 4. The van der Waals surface area contributed by atoms with E-state index in [1.807, 2.05) is 0 Å². The molecule has 0 bridgehead atoms. The van der Waals surface area contributed by atoms with Crippen molar-refractivity contribution < 1.29 is 22.4 Å². The van der Waals surface area contributed by atoms with Gasteiger partial charge in [0.2, 0.25) is 0 Å². The van der Waals surface area contributed by atoms with Gasteiger partial charge in [0.05, 0.1) is 5.57 Å². The molecular formula is C13H13FO4S. The largest absolute Gasteiger partial charge is 0.294 e. The highest BCUT2D eigenvalue weighted by Crippen LogP contribution is 2.18. The van der Waals surface area contributed by atoms with Gasteiger partial charge in [0.1, 0.15) is 10.7 Å². The van der Waals surface area contributed by atoms with E-state index in [1.165, 1.54) is 26.0 Å². The summed E-state index contributed by atoms with van der Waals surface area (Å²) in [6, 6.07) is 3.42. The van der Waals surface area contributed by atoms with E-state index < -0.39 is 32.1 Å². The van der Waals surface area contributed by atoms with Crippen molar-refractivity contribution in [2.45, 2.75) is 18.7 Å². The van der Waals surface area contributed by atoms with Gasteiger partial charge >= 0.3 is 0 Å². The van der Waals surface area contributed by atoms with Gasteiger partial charge in [-0.1, -0.05) is 6.07 Å². The average Bonchev–Trinajstić information content (AvgIpc) is 2.23. The Bertz CT molecular complexity index is 656. The van der Waals surface area contributed by atoms with Crippen LogP contribution in [-0.2, 0) is 19.4 Å². The Kier molecular flexibility index (Phi) is 4.36. The van der Waals surface area contributed by atoms with Crippen molar-refractivity contribution in [2.75, 3.05) is 6.26 Å². The van der Waals surface area contributed by atoms with Gasteiger partial charge in [0.25, 0.3) is 0 Å². The fourth-order valence-corrected chi connectivity index (χ4v) is 2.25. The number of halogens is 1. The molecule has 0 radical (unpaired) electrons. The van der Waals surface area contributed by atoms with Crippen LogP contribution in [0.5, 0.6) is 0 Å². The molecule has 0 saturated carbocycles. The van der Waals surface area contributed by atoms with Crippen LogP contribution in [0.1, 0.15) is 19.4 Å². The van der Waals surface area contributed by atoms with Crippen molar-refractivity contribution in [3.63, 3.8) is 0 Å². The van der Waals surface area contributed by atoms with Crippen LogP contribution in [0.4, 0.5) is 4.39 Å². The van der Waals surface area contributed by atoms with E-state index in [1.54, 1.807) is 0 Å². The summed E-state index contributed by atoms with van der Waals surface area (Å²) >= 11 is 0. The number of hydrogen-bond donors (Lipinski definition) is 0. The highest BCUT2D eigenvalue weighted by molar-refractivity contribution is 7.90. The maximum atomic E-state index is 13.6. The fourth-order valence-electron chi connectivity index (χ4n) is 1.53. The van der Waals surface area contributed by atoms with Crippen molar-refractivity contribution in [1.29, 1.82) is 0 Å². The number of ketones is 2. The Morgan fingerprint density at radius 1 is 1.16 bits per heavy atom. The second-order valence-corrected chi connectivity index (χ2v) is 6.12. The third-order valence-corrected chi connectivity index (χ3v) is 3.56. The first kappa shape index (κ1) is 15.2. The highest BCUT2D eigenvalue weighted by atomic mass is 32.2. The quantitative estimate of drug-likeness (QED) is 0.480. The van der Waals surface area contributed by atoms with E-state index in [-0.39, 0.29) is 11.1 Å². The first-order chi connectivity index (χ1) is 8.62. The predicted molar refractivity (Wildman–Crippen MR) is 68.8 cm³/mol. The standard InChI is InChI=1S/C13H13FO4S/c1-8(15)11(9(2)16)6-10-4-5-13(12(14)7-10)19(3,17)18/h4-7H,1-3H3. The lowest BCUT2D eigenvalue weighted by atomic mass is 10.0. The second-order valence-electron chi connectivity index (χ2n) is 4.13. The molecule has 0 aliphatic rings. The van der Waals surface area contributed by atoms with E-state index in [9.17, 15) is 22.4 Å². The summed E-state index contributed by atoms with van der Waals surface area (Å²) in [6.07, 6.45) is 2.14. The molecule has 0 fully saturated rings. The number of carbonyl (C=O) groups excluding carboxylic acids is 2. The summed E-state index contributed by atoms with van der Waals surface area (Å²) < 4.78 is 36.1. The molecule has 0 aliphatic carbocycles. The molecule has 0 saturated heterocycles. The van der Waals surface area contributed by atoms with E-state index in [4.69, 9.17) is 0 Å². The first-order valence-corrected chi connectivity index (χ1v) is 7.25. The van der Waals surface area contributed by atoms with Crippen LogP contribution in [0.3, 0.4) is 0 Å². The van der Waals surface area contributed by atoms with Gasteiger partial charge in [0, 0.05) is 6.26 Å². The molecule has 102 valence electrons. The summed E-state index contributed by atoms with van der Waals surface area (Å²) in [5.74, 6) is -1.78. The predicted octanol–water partition coefficient (Wildman–Crippen LogP) is 1.79. The van der Waals surface area contributed by atoms with E-state index >= 15 is 0 Å². The number of sulfone groups is 1. The monoisotopic (exact) mass is 284 g/mol. The van der Waals surface area contributed by atoms with Crippen LogP contribution >= 0.6 is 0 Å². The van der Waals surface area contributed by atoms with Gasteiger partial charge in [-0.25, -0.2) is 12.8 Å². The molecule has 0 aliphatic heterocycles. The second kappa shape index (κ2) is 5.44. The molecule has 1 aromatic rings. The van der Waals surface area contributed by atoms with Crippen LogP contribution in [0.25, 0.3) is 6.08 Å². The minimum Gasteiger partial charge on any atom is -0.294 e. The third kappa shape index (κ3) is 3.82. The SMILES string of the molecule is CC(=O)C(=Cc1ccc(S(C)(=O)=O)c(F)c1)C(C)=O. The molecule has 4 nitrogen and oxygen atoms in total. The molecule has 0 N–H and O–H groups in total. The van der Waals surface area contributed by atoms with Crippen molar-refractivity contribution >= 4 is 27.5 Å². The maximum absolute atomic E-state index is 13.6. The van der Waals surface area contributed by atoms with Gasteiger partial charge in [-0.05, 0) is 37.6 Å². The van der Waals surface area contributed by atoms with E-state index in [0.717, 1.165) is 18.4 Å². The molecule has 19 heavy (non-hydrogen) atoms. The summed E-state index contributed by atoms with van der Waals surface area (Å²) in [5.41, 5.74) is 0.191. The van der Waals surface area contributed by atoms with Gasteiger partial charge < -0.3 is 0 Å². The van der Waals surface area contributed by atoms with Crippen molar-refractivity contribution in [3.8, 4) is 0 Å². The number of carbonyl (C=O) groups is 2. The molecule has 0 aromatic heterocycles. The number of hydrogen-bond acceptors (Lipinski definition) is 4. The van der Waals surface area contributed by atoms with E-state index in [2.05, 4.69) is 0 Å². The maximum Gasteiger partial charge on any atom is 0.178 e. The Balaban J connectivity index is 3.33. The fraction of sp³-hybridized carbons (Fsp3) is 0.231. The zero-order chi connectivity index (χ0) is 14.8. The smallest absolute Gasteiger partial charge is 0.178 e. The Morgan fingerprint density at radius 2 is 1.68 bits per heavy atom. The van der Waals surface area contributed by atoms with Gasteiger partial charge in [-0.3, -0.25) is 9.59 Å². The zero-order valence-electron chi connectivity index (χ0n) is 10.7. The van der Waals surface area contributed by atoms with Crippen molar-refractivity contribution in [2.24, 2.45) is 0 Å². The first-order valence-electron chi connectivity index (χ1n) is 5.36. The van der Waals surface area contributed by atoms with Crippen LogP contribution in [0.15, 0.2) is 28.7 Å². The van der Waals surface area contributed by atoms with E-state index in [0.29, 0.717) is 0 Å². The molecule has 1 aromatic carbocycles. The molecule has 0 amide bonds. The van der Waals surface area contributed by atoms with Crippen molar-refractivity contribution in [3.05, 3.63) is 35.2 Å². The molecule has 0 unspecified atom stereocenters. The lowest BCUT2D eigenvalue weighted by Crippen LogP contribution is -2.06. The normalized spacial score (nSPS) is 10.9. The number of allylic oxidation sites excluding steroid dienone is 1. The summed E-state index contributed by atoms with van der Waals surface area (Å²) in [4.78, 5) is 22.0. The Labute approximate surface area is 110 Å². The zero-order valence-corrected chi connectivity index (χ0v) is 11.5. The summed E-state index contributed by atoms with van der Waals surface area (Å²) in [6.45, 7) is 2.46. The molecule has 0 heterocycles. The minimum absolute atomic E-state index is 0.0634. The molecule has 0 atom stereocenters. The van der Waals surface area contributed by atoms with Crippen LogP contribution in [-0.4, -0.2) is 26.2 Å². The lowest BCUT2D eigenvalue weighted by Gasteiger charge is -2.03.